The van der Waals surface area contributed by atoms with Crippen molar-refractivity contribution >= 4 is 32.5 Å². The number of nitrogens with two attached hydrogens (primary N) is 1. The van der Waals surface area contributed by atoms with Gasteiger partial charge in [0.2, 0.25) is 15.9 Å². The fraction of sp³-hybridized carbons (Fsp3) is 0.231. The number of aromatic nitrogens is 1. The number of nitrogens with zero attached hydrogens (tertiary/aromatic N) is 1. The number of amides is 1. The standard InChI is InChI=1S/C13H14N4O3S/c14-10-3-4-11(13-9(10)2-1-5-15-13)21(19,20)17-8-6-12(18)16-7-8/h1-5,8,17H,6-7,14H2,(H,16,18). The lowest BCUT2D eigenvalue weighted by atomic mass is 10.2. The summed E-state index contributed by atoms with van der Waals surface area (Å²) in [6.07, 6.45) is 1.65. The third-order valence-corrected chi connectivity index (χ3v) is 4.91. The number of hydrogen-bond acceptors (Lipinski definition) is 5. The van der Waals surface area contributed by atoms with Crippen molar-refractivity contribution in [1.82, 2.24) is 15.0 Å². The Balaban J connectivity index is 2.03. The Hall–Kier alpha value is -2.19. The predicted octanol–water partition coefficient (Wildman–Crippen LogP) is -0.0162. The second-order valence-corrected chi connectivity index (χ2v) is 6.56. The van der Waals surface area contributed by atoms with Crippen molar-refractivity contribution < 1.29 is 13.2 Å². The van der Waals surface area contributed by atoms with E-state index in [2.05, 4.69) is 15.0 Å². The molecule has 1 unspecified atom stereocenters. The minimum Gasteiger partial charge on any atom is -0.398 e. The molecule has 1 aromatic carbocycles. The van der Waals surface area contributed by atoms with Crippen molar-refractivity contribution in [3.63, 3.8) is 0 Å². The molecule has 0 spiro atoms. The Labute approximate surface area is 121 Å². The topological polar surface area (TPSA) is 114 Å². The summed E-state index contributed by atoms with van der Waals surface area (Å²) in [6, 6.07) is 5.94. The van der Waals surface area contributed by atoms with Gasteiger partial charge in [-0.1, -0.05) is 0 Å². The van der Waals surface area contributed by atoms with Crippen molar-refractivity contribution in [2.24, 2.45) is 0 Å². The first-order valence-corrected chi connectivity index (χ1v) is 7.88. The molecular weight excluding hydrogens is 292 g/mol. The molecule has 0 radical (unpaired) electrons. The van der Waals surface area contributed by atoms with Gasteiger partial charge >= 0.3 is 0 Å². The number of benzene rings is 1. The Morgan fingerprint density at radius 1 is 1.33 bits per heavy atom. The second-order valence-electron chi connectivity index (χ2n) is 4.88. The molecule has 8 heteroatoms. The van der Waals surface area contributed by atoms with E-state index in [9.17, 15) is 13.2 Å². The summed E-state index contributed by atoms with van der Waals surface area (Å²) in [5, 5.41) is 3.17. The number of sulfonamides is 1. The summed E-state index contributed by atoms with van der Waals surface area (Å²) in [5.74, 6) is -0.164. The summed E-state index contributed by atoms with van der Waals surface area (Å²) < 4.78 is 27.5. The van der Waals surface area contributed by atoms with Crippen LogP contribution < -0.4 is 15.8 Å². The van der Waals surface area contributed by atoms with E-state index < -0.39 is 16.1 Å². The van der Waals surface area contributed by atoms with Crippen LogP contribution in [0.3, 0.4) is 0 Å². The molecule has 1 amide bonds. The number of anilines is 1. The van der Waals surface area contributed by atoms with Gasteiger partial charge in [-0.2, -0.15) is 0 Å². The minimum absolute atomic E-state index is 0.0617. The zero-order valence-electron chi connectivity index (χ0n) is 11.0. The molecule has 0 bridgehead atoms. The molecule has 1 saturated heterocycles. The van der Waals surface area contributed by atoms with Crippen LogP contribution >= 0.6 is 0 Å². The molecule has 110 valence electrons. The third-order valence-electron chi connectivity index (χ3n) is 3.36. The smallest absolute Gasteiger partial charge is 0.243 e. The lowest BCUT2D eigenvalue weighted by molar-refractivity contribution is -0.119. The zero-order valence-corrected chi connectivity index (χ0v) is 11.9. The van der Waals surface area contributed by atoms with Crippen LogP contribution in [0.2, 0.25) is 0 Å². The van der Waals surface area contributed by atoms with Crippen molar-refractivity contribution in [2.45, 2.75) is 17.4 Å². The van der Waals surface area contributed by atoms with Gasteiger partial charge in [0.15, 0.2) is 0 Å². The van der Waals surface area contributed by atoms with Crippen molar-refractivity contribution in [1.29, 1.82) is 0 Å². The largest absolute Gasteiger partial charge is 0.398 e. The first-order valence-electron chi connectivity index (χ1n) is 6.39. The van der Waals surface area contributed by atoms with Gasteiger partial charge in [0.25, 0.3) is 0 Å². The summed E-state index contributed by atoms with van der Waals surface area (Å²) in [4.78, 5) is 15.3. The molecular formula is C13H14N4O3S. The Morgan fingerprint density at radius 3 is 2.86 bits per heavy atom. The Bertz CT molecular complexity index is 819. The lowest BCUT2D eigenvalue weighted by Crippen LogP contribution is -2.36. The lowest BCUT2D eigenvalue weighted by Gasteiger charge is -2.13. The summed E-state index contributed by atoms with van der Waals surface area (Å²) in [7, 11) is -3.77. The van der Waals surface area contributed by atoms with Crippen molar-refractivity contribution in [3.8, 4) is 0 Å². The summed E-state index contributed by atoms with van der Waals surface area (Å²) >= 11 is 0. The van der Waals surface area contributed by atoms with Crippen LogP contribution in [-0.4, -0.2) is 31.9 Å². The Morgan fingerprint density at radius 2 is 2.14 bits per heavy atom. The van der Waals surface area contributed by atoms with Gasteiger partial charge in [-0.3, -0.25) is 9.78 Å². The van der Waals surface area contributed by atoms with E-state index in [0.717, 1.165) is 0 Å². The van der Waals surface area contributed by atoms with Gasteiger partial charge in [-0.05, 0) is 24.3 Å². The van der Waals surface area contributed by atoms with Crippen LogP contribution in [0.25, 0.3) is 10.9 Å². The van der Waals surface area contributed by atoms with E-state index in [1.807, 2.05) is 0 Å². The van der Waals surface area contributed by atoms with E-state index in [1.165, 1.54) is 18.3 Å². The number of carbonyl (C=O) groups excluding carboxylic acids is 1. The van der Waals surface area contributed by atoms with Gasteiger partial charge in [-0.25, -0.2) is 13.1 Å². The first kappa shape index (κ1) is 13.8. The average molecular weight is 306 g/mol. The fourth-order valence-electron chi connectivity index (χ4n) is 2.36. The molecule has 1 fully saturated rings. The number of fused-ring (bicyclic) bond motifs is 1. The van der Waals surface area contributed by atoms with Gasteiger partial charge in [-0.15, -0.1) is 0 Å². The van der Waals surface area contributed by atoms with Gasteiger partial charge in [0.1, 0.15) is 4.90 Å². The highest BCUT2D eigenvalue weighted by atomic mass is 32.2. The maximum atomic E-state index is 12.5. The molecule has 1 aliphatic rings. The maximum absolute atomic E-state index is 12.5. The van der Waals surface area contributed by atoms with Gasteiger partial charge in [0, 0.05) is 36.3 Å². The average Bonchev–Trinajstić information content (AvgIpc) is 2.83. The number of rotatable bonds is 3. The third kappa shape index (κ3) is 2.55. The molecule has 1 aromatic heterocycles. The number of pyridine rings is 1. The highest BCUT2D eigenvalue weighted by molar-refractivity contribution is 7.89. The van der Waals surface area contributed by atoms with Crippen LogP contribution in [0.4, 0.5) is 5.69 Å². The molecule has 0 saturated carbocycles. The number of carbonyl (C=O) groups is 1. The molecule has 1 aliphatic heterocycles. The molecule has 3 rings (SSSR count). The van der Waals surface area contributed by atoms with Crippen LogP contribution in [0.15, 0.2) is 35.4 Å². The van der Waals surface area contributed by atoms with Crippen LogP contribution in [0.5, 0.6) is 0 Å². The number of nitrogens with one attached hydrogen (secondary N) is 2. The van der Waals surface area contributed by atoms with Crippen molar-refractivity contribution in [3.05, 3.63) is 30.5 Å². The highest BCUT2D eigenvalue weighted by Crippen LogP contribution is 2.26. The van der Waals surface area contributed by atoms with E-state index in [-0.39, 0.29) is 17.2 Å². The Kier molecular flexibility index (Phi) is 3.26. The first-order chi connectivity index (χ1) is 9.97. The molecule has 2 heterocycles. The van der Waals surface area contributed by atoms with Crippen LogP contribution in [-0.2, 0) is 14.8 Å². The highest BCUT2D eigenvalue weighted by Gasteiger charge is 2.28. The quantitative estimate of drug-likeness (QED) is 0.690. The van der Waals surface area contributed by atoms with Crippen molar-refractivity contribution in [2.75, 3.05) is 12.3 Å². The molecule has 1 atom stereocenters. The maximum Gasteiger partial charge on any atom is 0.243 e. The minimum atomic E-state index is -3.77. The van der Waals surface area contributed by atoms with E-state index in [0.29, 0.717) is 23.1 Å². The van der Waals surface area contributed by atoms with E-state index in [4.69, 9.17) is 5.73 Å². The molecule has 0 aliphatic carbocycles. The van der Waals surface area contributed by atoms with Crippen LogP contribution in [0.1, 0.15) is 6.42 Å². The predicted molar refractivity (Wildman–Crippen MR) is 77.9 cm³/mol. The molecule has 21 heavy (non-hydrogen) atoms. The number of hydrogen-bond donors (Lipinski definition) is 3. The normalized spacial score (nSPS) is 18.9. The van der Waals surface area contributed by atoms with E-state index in [1.54, 1.807) is 12.1 Å². The second kappa shape index (κ2) is 4.97. The zero-order chi connectivity index (χ0) is 15.0. The van der Waals surface area contributed by atoms with Gasteiger partial charge < -0.3 is 11.1 Å². The molecule has 7 nitrogen and oxygen atoms in total. The summed E-state index contributed by atoms with van der Waals surface area (Å²) in [5.41, 5.74) is 6.63. The van der Waals surface area contributed by atoms with Gasteiger partial charge in [0.05, 0.1) is 5.52 Å². The SMILES string of the molecule is Nc1ccc(S(=O)(=O)NC2CNC(=O)C2)c2ncccc12. The monoisotopic (exact) mass is 306 g/mol. The molecule has 4 N–H and O–H groups in total. The fourth-order valence-corrected chi connectivity index (χ4v) is 3.75. The molecule has 2 aromatic rings. The summed E-state index contributed by atoms with van der Waals surface area (Å²) in [6.45, 7) is 0.290. The van der Waals surface area contributed by atoms with Crippen LogP contribution in [0, 0.1) is 0 Å². The van der Waals surface area contributed by atoms with E-state index >= 15 is 0 Å². The number of nitrogen functional groups attached to an aromatic ring is 1.